The first-order chi connectivity index (χ1) is 48.0. The van der Waals surface area contributed by atoms with E-state index in [1.54, 1.807) is 0 Å². The number of carbonyl (C=O) groups is 3. The molecule has 5 saturated carbocycles. The fourth-order valence-corrected chi connectivity index (χ4v) is 15.7. The number of hydrogen-bond donors (Lipinski definition) is 20. The van der Waals surface area contributed by atoms with Crippen molar-refractivity contribution < 1.29 is 173 Å². The predicted octanol–water partition coefficient (Wildman–Crippen LogP) is -8.15. The molecule has 5 heterocycles. The number of aliphatic hydroxyl groups is 22. The molecule has 37 atom stereocenters. The molecule has 0 spiro atoms. The second kappa shape index (κ2) is 35.9. The molecular formula is C66H103O35+. The molecule has 0 aromatic carbocycles. The third-order valence-electron chi connectivity index (χ3n) is 21.6. The second-order valence-electron chi connectivity index (χ2n) is 28.9. The molecule has 0 bridgehead atoms. The normalized spacial score (nSPS) is 48.7. The molecule has 37 unspecified atom stereocenters. The van der Waals surface area contributed by atoms with Crippen LogP contribution in [0.4, 0.5) is 0 Å². The topological polar surface area (TPSA) is 570 Å². The number of ether oxygens (including phenoxy) is 12. The van der Waals surface area contributed by atoms with Crippen molar-refractivity contribution in [1.29, 1.82) is 0 Å². The van der Waals surface area contributed by atoms with E-state index in [1.165, 1.54) is 18.2 Å². The van der Waals surface area contributed by atoms with Crippen LogP contribution in [0.25, 0.3) is 0 Å². The van der Waals surface area contributed by atoms with E-state index in [0.29, 0.717) is 19.3 Å². The summed E-state index contributed by atoms with van der Waals surface area (Å²) in [5, 5.41) is 216. The first-order valence-electron chi connectivity index (χ1n) is 35.1. The summed E-state index contributed by atoms with van der Waals surface area (Å²) in [5.74, 6) is -5.13. The highest BCUT2D eigenvalue weighted by atomic mass is 16.8. The lowest BCUT2D eigenvalue weighted by atomic mass is 9.72. The van der Waals surface area contributed by atoms with Gasteiger partial charge < -0.3 is 159 Å². The SMILES string of the molecule is O=C(C=CC1CC(O)CC(O)C1)OCC1OC(OC2CCC(C=CC(=O)OCC3OC(OC4CC5C(OC6OC(CO)C(O)C(O)C6O)CC(O)CC5[OH+]C4C4CCC(O)C(O)C4)C(OC4OC(COC(=O)C=CC5CCC(O)C(O)C5)C(O)C(O)C4O)C(O)C3O)CC2O)C(O)C(O)C1O. The molecule has 5 aliphatic carbocycles. The van der Waals surface area contributed by atoms with Gasteiger partial charge in [-0.2, -0.15) is 0 Å². The van der Waals surface area contributed by atoms with Gasteiger partial charge in [-0.1, -0.05) is 18.2 Å². The van der Waals surface area contributed by atoms with Crippen LogP contribution in [0.1, 0.15) is 96.3 Å². The Bertz CT molecular complexity index is 2720. The van der Waals surface area contributed by atoms with Gasteiger partial charge in [0.15, 0.2) is 37.4 Å². The van der Waals surface area contributed by atoms with Crippen LogP contribution in [0.2, 0.25) is 0 Å². The molecule has 0 amide bonds. The summed E-state index contributed by atoms with van der Waals surface area (Å²) in [6.45, 7) is -2.89. The quantitative estimate of drug-likeness (QED) is 0.0207. The summed E-state index contributed by atoms with van der Waals surface area (Å²) in [5.41, 5.74) is 0. The average molecular weight is 1460 g/mol. The Morgan fingerprint density at radius 1 is 0.356 bits per heavy atom. The van der Waals surface area contributed by atoms with Gasteiger partial charge in [0.2, 0.25) is 0 Å². The monoisotopic (exact) mass is 1460 g/mol. The van der Waals surface area contributed by atoms with Gasteiger partial charge in [0.05, 0.1) is 73.6 Å². The van der Waals surface area contributed by atoms with Crippen LogP contribution in [0.15, 0.2) is 36.5 Å². The summed E-state index contributed by atoms with van der Waals surface area (Å²) in [6, 6.07) is 0. The molecule has 0 aromatic rings. The number of fused-ring (bicyclic) bond motifs is 1. The highest BCUT2D eigenvalue weighted by Crippen LogP contribution is 2.45. The molecule has 5 aliphatic heterocycles. The number of aliphatic hydroxyl groups excluding tert-OH is 20. The Hall–Kier alpha value is -3.53. The van der Waals surface area contributed by atoms with Crippen LogP contribution in [-0.4, -0.2) is 353 Å². The lowest BCUT2D eigenvalue weighted by molar-refractivity contribution is -0.390. The number of rotatable bonds is 22. The van der Waals surface area contributed by atoms with Crippen LogP contribution in [-0.2, 0) is 66.5 Å². The predicted molar refractivity (Wildman–Crippen MR) is 332 cm³/mol. The van der Waals surface area contributed by atoms with Gasteiger partial charge in [-0.3, -0.25) is 0 Å². The first-order valence-corrected chi connectivity index (χ1v) is 35.1. The number of allylic oxidation sites excluding steroid dienone is 3. The highest BCUT2D eigenvalue weighted by Gasteiger charge is 2.59. The van der Waals surface area contributed by atoms with E-state index >= 15 is 0 Å². The van der Waals surface area contributed by atoms with E-state index < -0.39 is 264 Å². The minimum atomic E-state index is -2.12. The molecule has 10 fully saturated rings. The van der Waals surface area contributed by atoms with Crippen LogP contribution >= 0.6 is 0 Å². The zero-order valence-electron chi connectivity index (χ0n) is 55.4. The van der Waals surface area contributed by atoms with Crippen LogP contribution in [0.5, 0.6) is 0 Å². The molecule has 0 aromatic heterocycles. The Labute approximate surface area is 580 Å². The van der Waals surface area contributed by atoms with Crippen molar-refractivity contribution >= 4 is 17.9 Å². The highest BCUT2D eigenvalue weighted by molar-refractivity contribution is 5.82. The molecular weight excluding hydrogens is 1350 g/mol. The van der Waals surface area contributed by atoms with Crippen molar-refractivity contribution in [3.63, 3.8) is 0 Å². The van der Waals surface area contributed by atoms with E-state index in [-0.39, 0.29) is 88.9 Å². The standard InChI is InChI=1S/C66H102O35/c67-22-43-50(79)54(83)58(87)64(97-43)95-41-20-32(70)19-40-33(41)21-42(61(93-40)29-6-8-35(72)37(74)17-29)96-66-62(101-65-60(89)56(85)52(81)45(99-65)24-90-47(76)10-3-26-1-7-34(71)36(73)15-26)57(86)53(82)46(100-66)25-92-48(77)11-4-27-2-9-39(38(75)16-27)94-63-59(88)55(84)51(80)44(98-63)23-91-49(78)12-5-28-13-30(68)18-31(69)14-28/h3-5,10-12,26-46,50-75,79-89H,1-2,6-9,13-25H2/p+1. The van der Waals surface area contributed by atoms with E-state index in [1.807, 2.05) is 0 Å². The molecule has 10 aliphatic rings. The smallest absolute Gasteiger partial charge is 0.330 e. The van der Waals surface area contributed by atoms with Gasteiger partial charge in [0.25, 0.3) is 0 Å². The lowest BCUT2D eigenvalue weighted by Gasteiger charge is -2.50. The molecule has 0 radical (unpaired) electrons. The summed E-state index contributed by atoms with van der Waals surface area (Å²) in [7, 11) is 0. The Morgan fingerprint density at radius 3 is 1.30 bits per heavy atom. The maximum atomic E-state index is 13.6. The summed E-state index contributed by atoms with van der Waals surface area (Å²) in [4.78, 5) is 39.1. The maximum absolute atomic E-state index is 13.6. The summed E-state index contributed by atoms with van der Waals surface area (Å²) in [6.07, 6.45) is -39.0. The van der Waals surface area contributed by atoms with Gasteiger partial charge in [-0.05, 0) is 101 Å². The van der Waals surface area contributed by atoms with E-state index in [9.17, 15) is 117 Å². The summed E-state index contributed by atoms with van der Waals surface area (Å²) >= 11 is 0. The van der Waals surface area contributed by atoms with Gasteiger partial charge in [0.1, 0.15) is 124 Å². The average Bonchev–Trinajstić information content (AvgIpc) is 0.760. The Balaban J connectivity index is 0.818. The molecule has 10 rings (SSSR count). The number of carbonyl (C=O) groups excluding carboxylic acids is 3. The minimum absolute atomic E-state index is 0.00828. The second-order valence-corrected chi connectivity index (χ2v) is 28.9. The number of hydrogen-bond acceptors (Lipinski definition) is 34. The molecule has 576 valence electrons. The van der Waals surface area contributed by atoms with Crippen LogP contribution in [0, 0.1) is 29.6 Å². The molecule has 5 saturated heterocycles. The lowest BCUT2D eigenvalue weighted by Crippen LogP contribution is -2.66. The maximum Gasteiger partial charge on any atom is 0.330 e. The fourth-order valence-electron chi connectivity index (χ4n) is 15.7. The minimum Gasteiger partial charge on any atom is -0.460 e. The van der Waals surface area contributed by atoms with E-state index in [4.69, 9.17) is 56.8 Å². The van der Waals surface area contributed by atoms with Gasteiger partial charge >= 0.3 is 17.9 Å². The van der Waals surface area contributed by atoms with Crippen molar-refractivity contribution in [1.82, 2.24) is 0 Å². The molecule has 35 heteroatoms. The zero-order valence-corrected chi connectivity index (χ0v) is 55.4. The van der Waals surface area contributed by atoms with Crippen molar-refractivity contribution in [3.8, 4) is 0 Å². The van der Waals surface area contributed by atoms with Crippen molar-refractivity contribution in [2.24, 2.45) is 29.6 Å². The number of esters is 3. The van der Waals surface area contributed by atoms with E-state index in [2.05, 4.69) is 0 Å². The molecule has 21 N–H and O–H groups in total. The fraction of sp³-hybridized carbons (Fsp3) is 0.864. The van der Waals surface area contributed by atoms with Gasteiger partial charge in [-0.25, -0.2) is 14.4 Å². The van der Waals surface area contributed by atoms with Gasteiger partial charge in [0, 0.05) is 37.0 Å². The van der Waals surface area contributed by atoms with Crippen molar-refractivity contribution in [3.05, 3.63) is 36.5 Å². The summed E-state index contributed by atoms with van der Waals surface area (Å²) < 4.78 is 70.2. The van der Waals surface area contributed by atoms with Crippen molar-refractivity contribution in [2.45, 2.75) is 298 Å². The van der Waals surface area contributed by atoms with Crippen LogP contribution in [0.3, 0.4) is 0 Å². The molecule has 35 nitrogen and oxygen atoms in total. The van der Waals surface area contributed by atoms with E-state index in [0.717, 1.165) is 18.2 Å². The zero-order chi connectivity index (χ0) is 72.8. The third kappa shape index (κ3) is 20.0. The third-order valence-corrected chi connectivity index (χ3v) is 21.6. The molecule has 101 heavy (non-hydrogen) atoms. The van der Waals surface area contributed by atoms with Crippen molar-refractivity contribution in [2.75, 3.05) is 26.4 Å². The Morgan fingerprint density at radius 2 is 0.782 bits per heavy atom. The largest absolute Gasteiger partial charge is 0.460 e. The Kier molecular flexibility index (Phi) is 28.5. The van der Waals surface area contributed by atoms with Gasteiger partial charge in [-0.15, -0.1) is 0 Å². The first kappa shape index (κ1) is 80.0. The van der Waals surface area contributed by atoms with Crippen LogP contribution < -0.4 is 0 Å².